The second-order valence-corrected chi connectivity index (χ2v) is 3.95. The summed E-state index contributed by atoms with van der Waals surface area (Å²) in [6, 6.07) is 8.82. The molecule has 0 aromatic heterocycles. The Kier molecular flexibility index (Phi) is 3.11. The third-order valence-corrected chi connectivity index (χ3v) is 2.89. The molecule has 0 aliphatic carbocycles. The fraction of sp³-hybridized carbons (Fsp3) is 0.500. The van der Waals surface area contributed by atoms with Crippen LogP contribution in [0.5, 0.6) is 5.75 Å². The number of rotatable bonds is 2. The minimum atomic E-state index is 0.547. The summed E-state index contributed by atoms with van der Waals surface area (Å²) in [5.41, 5.74) is 1.25. The highest BCUT2D eigenvalue weighted by Gasteiger charge is 2.18. The molecule has 0 unspecified atom stereocenters. The van der Waals surface area contributed by atoms with Gasteiger partial charge in [-0.2, -0.15) is 0 Å². The number of hydrogen-bond donors (Lipinski definition) is 1. The second-order valence-electron chi connectivity index (χ2n) is 3.95. The number of anilines is 1. The van der Waals surface area contributed by atoms with E-state index >= 15 is 0 Å². The Bertz CT molecular complexity index is 327. The van der Waals surface area contributed by atoms with Crippen LogP contribution in [0.1, 0.15) is 6.92 Å². The molecule has 1 aliphatic rings. The fourth-order valence-corrected chi connectivity index (χ4v) is 2.01. The van der Waals surface area contributed by atoms with Crippen molar-refractivity contribution in [1.82, 2.24) is 5.32 Å². The first-order valence-electron chi connectivity index (χ1n) is 5.42. The Morgan fingerprint density at radius 2 is 2.33 bits per heavy atom. The smallest absolute Gasteiger partial charge is 0.120 e. The van der Waals surface area contributed by atoms with Crippen LogP contribution in [0, 0.1) is 0 Å². The normalized spacial score (nSPS) is 21.5. The maximum Gasteiger partial charge on any atom is 0.120 e. The van der Waals surface area contributed by atoms with E-state index in [9.17, 15) is 0 Å². The molecule has 0 saturated carbocycles. The summed E-state index contributed by atoms with van der Waals surface area (Å²) >= 11 is 0. The van der Waals surface area contributed by atoms with Gasteiger partial charge in [0.1, 0.15) is 5.75 Å². The summed E-state index contributed by atoms with van der Waals surface area (Å²) in [5, 5.41) is 3.39. The molecule has 1 aromatic rings. The van der Waals surface area contributed by atoms with Crippen molar-refractivity contribution < 1.29 is 4.74 Å². The Hall–Kier alpha value is -1.22. The van der Waals surface area contributed by atoms with Gasteiger partial charge >= 0.3 is 0 Å². The number of piperazine rings is 1. The van der Waals surface area contributed by atoms with E-state index in [0.29, 0.717) is 6.04 Å². The number of nitrogens with zero attached hydrogens (tertiary/aromatic N) is 1. The average molecular weight is 206 g/mol. The van der Waals surface area contributed by atoms with Crippen LogP contribution in [-0.4, -0.2) is 32.8 Å². The predicted molar refractivity (Wildman–Crippen MR) is 62.7 cm³/mol. The summed E-state index contributed by atoms with van der Waals surface area (Å²) in [4.78, 5) is 2.42. The minimum absolute atomic E-state index is 0.547. The van der Waals surface area contributed by atoms with Crippen LogP contribution in [0.3, 0.4) is 0 Å². The van der Waals surface area contributed by atoms with Gasteiger partial charge in [0.2, 0.25) is 0 Å². The molecular weight excluding hydrogens is 188 g/mol. The van der Waals surface area contributed by atoms with E-state index in [0.717, 1.165) is 25.4 Å². The van der Waals surface area contributed by atoms with Crippen LogP contribution in [-0.2, 0) is 0 Å². The van der Waals surface area contributed by atoms with Crippen LogP contribution >= 0.6 is 0 Å². The summed E-state index contributed by atoms with van der Waals surface area (Å²) in [7, 11) is 1.71. The summed E-state index contributed by atoms with van der Waals surface area (Å²) in [6.45, 7) is 5.42. The third-order valence-electron chi connectivity index (χ3n) is 2.89. The minimum Gasteiger partial charge on any atom is -0.497 e. The van der Waals surface area contributed by atoms with Gasteiger partial charge in [0.15, 0.2) is 0 Å². The molecule has 82 valence electrons. The Morgan fingerprint density at radius 3 is 3.07 bits per heavy atom. The van der Waals surface area contributed by atoms with Crippen molar-refractivity contribution in [3.05, 3.63) is 24.3 Å². The zero-order chi connectivity index (χ0) is 10.7. The molecular formula is C12H18N2O. The largest absolute Gasteiger partial charge is 0.497 e. The maximum absolute atomic E-state index is 5.24. The van der Waals surface area contributed by atoms with Crippen molar-refractivity contribution in [3.8, 4) is 5.75 Å². The third kappa shape index (κ3) is 2.23. The van der Waals surface area contributed by atoms with E-state index in [2.05, 4.69) is 29.3 Å². The first-order valence-corrected chi connectivity index (χ1v) is 5.42. The SMILES string of the molecule is COc1cccc(N2CCNC[C@H]2C)c1. The van der Waals surface area contributed by atoms with E-state index in [-0.39, 0.29) is 0 Å². The molecule has 1 aliphatic heterocycles. The Balaban J connectivity index is 2.19. The number of benzene rings is 1. The van der Waals surface area contributed by atoms with Gasteiger partial charge in [-0.1, -0.05) is 6.07 Å². The molecule has 3 nitrogen and oxygen atoms in total. The van der Waals surface area contributed by atoms with Gasteiger partial charge in [0.25, 0.3) is 0 Å². The van der Waals surface area contributed by atoms with Crippen LogP contribution in [0.2, 0.25) is 0 Å². The lowest BCUT2D eigenvalue weighted by Crippen LogP contribution is -2.49. The van der Waals surface area contributed by atoms with Crippen LogP contribution in [0.25, 0.3) is 0 Å². The zero-order valence-electron chi connectivity index (χ0n) is 9.36. The second kappa shape index (κ2) is 4.53. The molecule has 0 amide bonds. The van der Waals surface area contributed by atoms with E-state index in [4.69, 9.17) is 4.74 Å². The van der Waals surface area contributed by atoms with Crippen molar-refractivity contribution in [1.29, 1.82) is 0 Å². The summed E-state index contributed by atoms with van der Waals surface area (Å²) in [6.07, 6.45) is 0. The molecule has 1 saturated heterocycles. The van der Waals surface area contributed by atoms with Crippen LogP contribution in [0.4, 0.5) is 5.69 Å². The number of hydrogen-bond acceptors (Lipinski definition) is 3. The lowest BCUT2D eigenvalue weighted by molar-refractivity contribution is 0.414. The molecule has 3 heteroatoms. The highest BCUT2D eigenvalue weighted by atomic mass is 16.5. The molecule has 1 aromatic carbocycles. The predicted octanol–water partition coefficient (Wildman–Crippen LogP) is 1.49. The fourth-order valence-electron chi connectivity index (χ4n) is 2.01. The van der Waals surface area contributed by atoms with Gasteiger partial charge in [-0.25, -0.2) is 0 Å². The standard InChI is InChI=1S/C12H18N2O/c1-10-9-13-6-7-14(10)11-4-3-5-12(8-11)15-2/h3-5,8,10,13H,6-7,9H2,1-2H3/t10-/m1/s1. The lowest BCUT2D eigenvalue weighted by atomic mass is 10.2. The monoisotopic (exact) mass is 206 g/mol. The van der Waals surface area contributed by atoms with Gasteiger partial charge in [0, 0.05) is 37.4 Å². The molecule has 1 heterocycles. The quantitative estimate of drug-likeness (QED) is 0.793. The van der Waals surface area contributed by atoms with E-state index in [1.165, 1.54) is 5.69 Å². The topological polar surface area (TPSA) is 24.5 Å². The van der Waals surface area contributed by atoms with Gasteiger partial charge in [0.05, 0.1) is 7.11 Å². The Labute approximate surface area is 91.0 Å². The van der Waals surface area contributed by atoms with Crippen molar-refractivity contribution in [2.45, 2.75) is 13.0 Å². The molecule has 1 atom stereocenters. The van der Waals surface area contributed by atoms with Crippen molar-refractivity contribution in [3.63, 3.8) is 0 Å². The number of nitrogens with one attached hydrogen (secondary N) is 1. The average Bonchev–Trinajstić information content (AvgIpc) is 2.30. The van der Waals surface area contributed by atoms with E-state index in [1.807, 2.05) is 12.1 Å². The van der Waals surface area contributed by atoms with E-state index < -0.39 is 0 Å². The molecule has 1 N–H and O–H groups in total. The van der Waals surface area contributed by atoms with Crippen LogP contribution < -0.4 is 15.0 Å². The lowest BCUT2D eigenvalue weighted by Gasteiger charge is -2.36. The number of methoxy groups -OCH3 is 1. The maximum atomic E-state index is 5.24. The van der Waals surface area contributed by atoms with Gasteiger partial charge in [-0.15, -0.1) is 0 Å². The molecule has 1 fully saturated rings. The van der Waals surface area contributed by atoms with Crippen LogP contribution in [0.15, 0.2) is 24.3 Å². The van der Waals surface area contributed by atoms with E-state index in [1.54, 1.807) is 7.11 Å². The van der Waals surface area contributed by atoms with Gasteiger partial charge in [-0.05, 0) is 19.1 Å². The van der Waals surface area contributed by atoms with Crippen molar-refractivity contribution in [2.75, 3.05) is 31.6 Å². The molecule has 0 bridgehead atoms. The first kappa shape index (κ1) is 10.3. The first-order chi connectivity index (χ1) is 7.31. The zero-order valence-corrected chi connectivity index (χ0v) is 9.36. The Morgan fingerprint density at radius 1 is 1.47 bits per heavy atom. The summed E-state index contributed by atoms with van der Waals surface area (Å²) in [5.74, 6) is 0.929. The molecule has 0 radical (unpaired) electrons. The molecule has 15 heavy (non-hydrogen) atoms. The van der Waals surface area contributed by atoms with Gasteiger partial charge < -0.3 is 15.0 Å². The van der Waals surface area contributed by atoms with Crippen molar-refractivity contribution >= 4 is 5.69 Å². The number of ether oxygens (including phenoxy) is 1. The van der Waals surface area contributed by atoms with Gasteiger partial charge in [-0.3, -0.25) is 0 Å². The highest BCUT2D eigenvalue weighted by Crippen LogP contribution is 2.23. The molecule has 2 rings (SSSR count). The highest BCUT2D eigenvalue weighted by molar-refractivity contribution is 5.51. The summed E-state index contributed by atoms with van der Waals surface area (Å²) < 4.78 is 5.24. The molecule has 0 spiro atoms. The van der Waals surface area contributed by atoms with Crippen molar-refractivity contribution in [2.24, 2.45) is 0 Å².